The Kier molecular flexibility index (Phi) is 3.65. The van der Waals surface area contributed by atoms with Crippen LogP contribution >= 0.6 is 11.3 Å². The zero-order valence-corrected chi connectivity index (χ0v) is 13.1. The molecular formula is C15H20N2O3S. The number of ether oxygens (including phenoxy) is 1. The third-order valence-electron chi connectivity index (χ3n) is 4.02. The summed E-state index contributed by atoms with van der Waals surface area (Å²) in [5.41, 5.74) is 6.70. The van der Waals surface area contributed by atoms with Gasteiger partial charge in [0.05, 0.1) is 17.2 Å². The summed E-state index contributed by atoms with van der Waals surface area (Å²) in [5, 5.41) is 4.02. The minimum Gasteiger partial charge on any atom is -0.462 e. The average molecular weight is 308 g/mol. The van der Waals surface area contributed by atoms with Crippen LogP contribution in [0.1, 0.15) is 53.1 Å². The summed E-state index contributed by atoms with van der Waals surface area (Å²) in [5.74, 6) is 0.302. The Balaban J connectivity index is 1.93. The monoisotopic (exact) mass is 308 g/mol. The molecule has 2 aliphatic carbocycles. The quantitative estimate of drug-likeness (QED) is 0.624. The summed E-state index contributed by atoms with van der Waals surface area (Å²) >= 11 is 1.30. The zero-order chi connectivity index (χ0) is 15.1. The van der Waals surface area contributed by atoms with Gasteiger partial charge in [-0.15, -0.1) is 11.3 Å². The van der Waals surface area contributed by atoms with Crippen LogP contribution in [-0.2, 0) is 4.74 Å². The lowest BCUT2D eigenvalue weighted by atomic mass is 10.1. The van der Waals surface area contributed by atoms with Crippen LogP contribution < -0.4 is 11.1 Å². The minimum absolute atomic E-state index is 0.0694. The number of thiophene rings is 1. The van der Waals surface area contributed by atoms with E-state index in [-0.39, 0.29) is 17.4 Å². The summed E-state index contributed by atoms with van der Waals surface area (Å²) in [6.07, 6.45) is 2.92. The molecule has 2 saturated carbocycles. The predicted octanol–water partition coefficient (Wildman–Crippen LogP) is 2.92. The molecule has 0 aromatic carbocycles. The molecule has 0 amide bonds. The lowest BCUT2D eigenvalue weighted by Gasteiger charge is -2.06. The number of rotatable bonds is 6. The molecule has 3 rings (SSSR count). The molecule has 3 N–H and O–H groups in total. The van der Waals surface area contributed by atoms with Gasteiger partial charge in [0.25, 0.3) is 0 Å². The SMILES string of the molecule is CCOC(=O)c1c(NC2CC2C)sc(C(=O)C2CC2)c1N. The van der Waals surface area contributed by atoms with Gasteiger partial charge >= 0.3 is 5.97 Å². The second-order valence-corrected chi connectivity index (χ2v) is 6.89. The summed E-state index contributed by atoms with van der Waals surface area (Å²) in [6.45, 7) is 4.20. The fourth-order valence-corrected chi connectivity index (χ4v) is 3.55. The molecule has 6 heteroatoms. The highest BCUT2D eigenvalue weighted by atomic mass is 32.1. The third-order valence-corrected chi connectivity index (χ3v) is 5.17. The first-order valence-electron chi connectivity index (χ1n) is 7.43. The van der Waals surface area contributed by atoms with Crippen molar-refractivity contribution in [3.05, 3.63) is 10.4 Å². The van der Waals surface area contributed by atoms with Gasteiger partial charge in [-0.25, -0.2) is 4.79 Å². The van der Waals surface area contributed by atoms with Crippen molar-refractivity contribution in [2.45, 2.75) is 39.2 Å². The van der Waals surface area contributed by atoms with Gasteiger partial charge in [-0.2, -0.15) is 0 Å². The normalized spacial score (nSPS) is 23.7. The van der Waals surface area contributed by atoms with Crippen LogP contribution in [0.25, 0.3) is 0 Å². The second-order valence-electron chi connectivity index (χ2n) is 5.87. The van der Waals surface area contributed by atoms with Crippen LogP contribution in [0.3, 0.4) is 0 Å². The summed E-state index contributed by atoms with van der Waals surface area (Å²) in [4.78, 5) is 24.9. The number of nitrogens with two attached hydrogens (primary N) is 1. The van der Waals surface area contributed by atoms with E-state index in [0.717, 1.165) is 19.3 Å². The molecule has 21 heavy (non-hydrogen) atoms. The van der Waals surface area contributed by atoms with Crippen LogP contribution in [-0.4, -0.2) is 24.4 Å². The Hall–Kier alpha value is -1.56. The Morgan fingerprint density at radius 3 is 2.62 bits per heavy atom. The molecule has 2 aliphatic rings. The summed E-state index contributed by atoms with van der Waals surface area (Å²) in [6, 6.07) is 0.361. The smallest absolute Gasteiger partial charge is 0.343 e. The molecule has 2 atom stereocenters. The van der Waals surface area contributed by atoms with Crippen molar-refractivity contribution in [3.63, 3.8) is 0 Å². The van der Waals surface area contributed by atoms with Gasteiger partial charge in [0.1, 0.15) is 10.6 Å². The Bertz CT molecular complexity index is 592. The third kappa shape index (κ3) is 2.77. The maximum atomic E-state index is 12.3. The molecule has 1 aromatic rings. The van der Waals surface area contributed by atoms with Crippen molar-refractivity contribution in [1.29, 1.82) is 0 Å². The summed E-state index contributed by atoms with van der Waals surface area (Å²) in [7, 11) is 0. The van der Waals surface area contributed by atoms with E-state index < -0.39 is 5.97 Å². The van der Waals surface area contributed by atoms with Crippen LogP contribution in [0, 0.1) is 11.8 Å². The molecule has 1 heterocycles. The largest absolute Gasteiger partial charge is 0.462 e. The zero-order valence-electron chi connectivity index (χ0n) is 12.3. The van der Waals surface area contributed by atoms with Gasteiger partial charge in [-0.05, 0) is 32.1 Å². The number of anilines is 2. The maximum absolute atomic E-state index is 12.3. The van der Waals surface area contributed by atoms with Gasteiger partial charge in [0.15, 0.2) is 5.78 Å². The number of esters is 1. The Labute approximate surface area is 127 Å². The Morgan fingerprint density at radius 2 is 2.10 bits per heavy atom. The molecule has 0 spiro atoms. The number of nitrogens with one attached hydrogen (secondary N) is 1. The van der Waals surface area contributed by atoms with Crippen LogP contribution in [0.15, 0.2) is 0 Å². The van der Waals surface area contributed by atoms with Crippen molar-refractivity contribution < 1.29 is 14.3 Å². The van der Waals surface area contributed by atoms with E-state index in [9.17, 15) is 9.59 Å². The first-order chi connectivity index (χ1) is 10.0. The van der Waals surface area contributed by atoms with Crippen LogP contribution in [0.5, 0.6) is 0 Å². The maximum Gasteiger partial charge on any atom is 0.343 e. The number of hydrogen-bond donors (Lipinski definition) is 2. The van der Waals surface area contributed by atoms with E-state index in [4.69, 9.17) is 10.5 Å². The molecular weight excluding hydrogens is 288 g/mol. The standard InChI is InChI=1S/C15H20N2O3S/c1-3-20-15(19)10-11(16)13(12(18)8-4-5-8)21-14(10)17-9-6-7(9)2/h7-9,17H,3-6,16H2,1-2H3. The molecule has 0 radical (unpaired) electrons. The van der Waals surface area contributed by atoms with Crippen LogP contribution in [0.4, 0.5) is 10.7 Å². The molecule has 5 nitrogen and oxygen atoms in total. The Morgan fingerprint density at radius 1 is 1.43 bits per heavy atom. The van der Waals surface area contributed by atoms with E-state index >= 15 is 0 Å². The van der Waals surface area contributed by atoms with Crippen molar-refractivity contribution in [2.75, 3.05) is 17.7 Å². The van der Waals surface area contributed by atoms with Crippen molar-refractivity contribution in [2.24, 2.45) is 11.8 Å². The first kappa shape index (κ1) is 14.4. The van der Waals surface area contributed by atoms with E-state index in [0.29, 0.717) is 34.0 Å². The minimum atomic E-state index is -0.447. The molecule has 0 aliphatic heterocycles. The molecule has 1 aromatic heterocycles. The highest BCUT2D eigenvalue weighted by molar-refractivity contribution is 7.19. The lowest BCUT2D eigenvalue weighted by molar-refractivity contribution is 0.0529. The van der Waals surface area contributed by atoms with Gasteiger partial charge in [0.2, 0.25) is 0 Å². The number of Topliss-reactive ketones (excluding diaryl/α,β-unsaturated/α-hetero) is 1. The molecule has 0 bridgehead atoms. The fraction of sp³-hybridized carbons (Fsp3) is 0.600. The van der Waals surface area contributed by atoms with Gasteiger partial charge in [-0.1, -0.05) is 6.92 Å². The number of hydrogen-bond acceptors (Lipinski definition) is 6. The predicted molar refractivity (Wildman–Crippen MR) is 82.9 cm³/mol. The number of carbonyl (C=O) groups is 2. The lowest BCUT2D eigenvalue weighted by Crippen LogP contribution is -2.12. The molecule has 2 unspecified atom stereocenters. The molecule has 2 fully saturated rings. The van der Waals surface area contributed by atoms with Crippen LogP contribution in [0.2, 0.25) is 0 Å². The van der Waals surface area contributed by atoms with Crippen molar-refractivity contribution in [1.82, 2.24) is 0 Å². The average Bonchev–Trinajstić information content (AvgIpc) is 3.33. The van der Waals surface area contributed by atoms with E-state index in [1.165, 1.54) is 11.3 Å². The van der Waals surface area contributed by atoms with E-state index in [1.807, 2.05) is 0 Å². The van der Waals surface area contributed by atoms with Gasteiger partial charge in [-0.3, -0.25) is 4.79 Å². The van der Waals surface area contributed by atoms with Crippen molar-refractivity contribution in [3.8, 4) is 0 Å². The van der Waals surface area contributed by atoms with E-state index in [2.05, 4.69) is 12.2 Å². The molecule has 0 saturated heterocycles. The highest BCUT2D eigenvalue weighted by Crippen LogP contribution is 2.44. The first-order valence-corrected chi connectivity index (χ1v) is 8.24. The van der Waals surface area contributed by atoms with Gasteiger partial charge in [0, 0.05) is 12.0 Å². The topological polar surface area (TPSA) is 81.4 Å². The fourth-order valence-electron chi connectivity index (χ4n) is 2.36. The molecule has 114 valence electrons. The summed E-state index contributed by atoms with van der Waals surface area (Å²) < 4.78 is 5.08. The number of carbonyl (C=O) groups excluding carboxylic acids is 2. The van der Waals surface area contributed by atoms with Crippen molar-refractivity contribution >= 4 is 33.8 Å². The van der Waals surface area contributed by atoms with E-state index in [1.54, 1.807) is 6.92 Å². The number of ketones is 1. The second kappa shape index (κ2) is 5.33. The number of nitrogen functional groups attached to an aromatic ring is 1. The van der Waals surface area contributed by atoms with Gasteiger partial charge < -0.3 is 15.8 Å². The highest BCUT2D eigenvalue weighted by Gasteiger charge is 2.38.